The van der Waals surface area contributed by atoms with Crippen LogP contribution in [0.5, 0.6) is 0 Å². The molecular formula is C15H18N4OS. The second kappa shape index (κ2) is 6.22. The van der Waals surface area contributed by atoms with E-state index >= 15 is 0 Å². The van der Waals surface area contributed by atoms with Gasteiger partial charge in [0.15, 0.2) is 0 Å². The Balaban J connectivity index is 1.87. The summed E-state index contributed by atoms with van der Waals surface area (Å²) in [6, 6.07) is 6.18. The summed E-state index contributed by atoms with van der Waals surface area (Å²) in [6.45, 7) is 0.983. The maximum Gasteiger partial charge on any atom is 0.262 e. The molecule has 3 heterocycles. The van der Waals surface area contributed by atoms with E-state index in [4.69, 9.17) is 0 Å². The van der Waals surface area contributed by atoms with Crippen LogP contribution in [0.15, 0.2) is 30.6 Å². The lowest BCUT2D eigenvalue weighted by Crippen LogP contribution is -2.33. The first-order valence-electron chi connectivity index (χ1n) is 7.15. The van der Waals surface area contributed by atoms with E-state index in [2.05, 4.69) is 20.2 Å². The molecule has 0 bridgehead atoms. The fourth-order valence-corrected chi connectivity index (χ4v) is 3.67. The van der Waals surface area contributed by atoms with Crippen molar-refractivity contribution in [3.05, 3.63) is 40.5 Å². The maximum atomic E-state index is 11.7. The van der Waals surface area contributed by atoms with Gasteiger partial charge in [-0.3, -0.25) is 4.79 Å². The number of nitrogens with one attached hydrogen (secondary N) is 1. The molecule has 0 aliphatic carbocycles. The monoisotopic (exact) mass is 302 g/mol. The first kappa shape index (κ1) is 14.0. The zero-order valence-corrected chi connectivity index (χ0v) is 12.8. The van der Waals surface area contributed by atoms with Crippen LogP contribution in [-0.4, -0.2) is 29.5 Å². The molecule has 5 nitrogen and oxygen atoms in total. The summed E-state index contributed by atoms with van der Waals surface area (Å²) in [5, 5.41) is 3.64. The molecule has 0 unspecified atom stereocenters. The topological polar surface area (TPSA) is 58.1 Å². The van der Waals surface area contributed by atoms with Gasteiger partial charge in [0.05, 0.1) is 12.2 Å². The summed E-state index contributed by atoms with van der Waals surface area (Å²) in [5.74, 6) is 0.915. The van der Waals surface area contributed by atoms with E-state index in [1.165, 1.54) is 24.2 Å². The molecule has 1 aliphatic heterocycles. The Bertz CT molecular complexity index is 613. The molecule has 0 spiro atoms. The van der Waals surface area contributed by atoms with E-state index in [-0.39, 0.29) is 11.9 Å². The summed E-state index contributed by atoms with van der Waals surface area (Å²) >= 11 is 1.48. The molecule has 3 rings (SSSR count). The Labute approximate surface area is 128 Å². The van der Waals surface area contributed by atoms with Crippen LogP contribution in [-0.2, 0) is 0 Å². The molecule has 1 amide bonds. The highest BCUT2D eigenvalue weighted by Gasteiger charge is 2.27. The van der Waals surface area contributed by atoms with Gasteiger partial charge in [-0.2, -0.15) is 0 Å². The summed E-state index contributed by atoms with van der Waals surface area (Å²) < 4.78 is 0. The second-order valence-corrected chi connectivity index (χ2v) is 6.10. The standard InChI is InChI=1S/C15H18N4OS/c1-16-14(20)12-10-18-15(21-12)11-6-3-5-9-19(11)13-7-2-4-8-17-13/h2,4,7-8,10-11H,3,5-6,9H2,1H3,(H,16,20)/t11-/m1/s1. The maximum absolute atomic E-state index is 11.7. The SMILES string of the molecule is CNC(=O)c1cnc([C@H]2CCCCN2c2ccccn2)s1. The van der Waals surface area contributed by atoms with Crippen molar-refractivity contribution in [1.82, 2.24) is 15.3 Å². The molecule has 21 heavy (non-hydrogen) atoms. The lowest BCUT2D eigenvalue weighted by molar-refractivity contribution is 0.0967. The number of pyridine rings is 1. The molecule has 2 aromatic heterocycles. The van der Waals surface area contributed by atoms with Gasteiger partial charge >= 0.3 is 0 Å². The zero-order valence-electron chi connectivity index (χ0n) is 12.0. The van der Waals surface area contributed by atoms with Crippen LogP contribution in [0, 0.1) is 0 Å². The number of anilines is 1. The van der Waals surface area contributed by atoms with E-state index in [1.54, 1.807) is 13.2 Å². The minimum absolute atomic E-state index is 0.0704. The van der Waals surface area contributed by atoms with E-state index in [0.717, 1.165) is 23.8 Å². The number of rotatable bonds is 3. The van der Waals surface area contributed by atoms with Crippen molar-refractivity contribution in [2.75, 3.05) is 18.5 Å². The second-order valence-electron chi connectivity index (χ2n) is 5.03. The van der Waals surface area contributed by atoms with Crippen molar-refractivity contribution in [2.45, 2.75) is 25.3 Å². The largest absolute Gasteiger partial charge is 0.354 e. The Hall–Kier alpha value is -1.95. The van der Waals surface area contributed by atoms with Crippen molar-refractivity contribution in [3.8, 4) is 0 Å². The smallest absolute Gasteiger partial charge is 0.262 e. The number of nitrogens with zero attached hydrogens (tertiary/aromatic N) is 3. The van der Waals surface area contributed by atoms with Crippen LogP contribution in [0.1, 0.15) is 40.0 Å². The van der Waals surface area contributed by atoms with Crippen molar-refractivity contribution >= 4 is 23.1 Å². The number of thiazole rings is 1. The van der Waals surface area contributed by atoms with Crippen LogP contribution in [0.25, 0.3) is 0 Å². The Kier molecular flexibility index (Phi) is 4.15. The lowest BCUT2D eigenvalue weighted by atomic mass is 10.0. The average molecular weight is 302 g/mol. The third-order valence-corrected chi connectivity index (χ3v) is 4.80. The van der Waals surface area contributed by atoms with E-state index < -0.39 is 0 Å². The predicted molar refractivity (Wildman–Crippen MR) is 83.7 cm³/mol. The van der Waals surface area contributed by atoms with Gasteiger partial charge in [0.25, 0.3) is 5.91 Å². The highest BCUT2D eigenvalue weighted by atomic mass is 32.1. The molecule has 0 radical (unpaired) electrons. The molecule has 1 N–H and O–H groups in total. The molecule has 0 saturated carbocycles. The fourth-order valence-electron chi connectivity index (χ4n) is 2.66. The number of aromatic nitrogens is 2. The third kappa shape index (κ3) is 2.90. The number of hydrogen-bond donors (Lipinski definition) is 1. The van der Waals surface area contributed by atoms with Crippen molar-refractivity contribution < 1.29 is 4.79 Å². The summed E-state index contributed by atoms with van der Waals surface area (Å²) in [6.07, 6.45) is 6.89. The molecule has 1 atom stereocenters. The fraction of sp³-hybridized carbons (Fsp3) is 0.400. The lowest BCUT2D eigenvalue weighted by Gasteiger charge is -2.35. The van der Waals surface area contributed by atoms with Gasteiger partial charge < -0.3 is 10.2 Å². The number of carbonyl (C=O) groups is 1. The molecule has 2 aromatic rings. The number of amides is 1. The van der Waals surface area contributed by atoms with Crippen LogP contribution in [0.2, 0.25) is 0 Å². The molecule has 6 heteroatoms. The van der Waals surface area contributed by atoms with E-state index in [9.17, 15) is 4.79 Å². The molecule has 1 aliphatic rings. The van der Waals surface area contributed by atoms with Crippen LogP contribution in [0.4, 0.5) is 5.82 Å². The van der Waals surface area contributed by atoms with Gasteiger partial charge in [-0.1, -0.05) is 6.07 Å². The van der Waals surface area contributed by atoms with E-state index in [0.29, 0.717) is 4.88 Å². The number of carbonyl (C=O) groups excluding carboxylic acids is 1. The number of hydrogen-bond acceptors (Lipinski definition) is 5. The Morgan fingerprint density at radius 1 is 1.38 bits per heavy atom. The molecule has 0 aromatic carbocycles. The average Bonchev–Trinajstić information content (AvgIpc) is 3.05. The highest BCUT2D eigenvalue weighted by Crippen LogP contribution is 2.35. The zero-order chi connectivity index (χ0) is 14.7. The normalized spacial score (nSPS) is 18.5. The van der Waals surface area contributed by atoms with Gasteiger partial charge in [0.1, 0.15) is 15.7 Å². The van der Waals surface area contributed by atoms with Gasteiger partial charge in [-0.05, 0) is 31.4 Å². The van der Waals surface area contributed by atoms with Crippen LogP contribution >= 0.6 is 11.3 Å². The minimum atomic E-state index is -0.0704. The summed E-state index contributed by atoms with van der Waals surface area (Å²) in [4.78, 5) is 23.6. The van der Waals surface area contributed by atoms with Crippen LogP contribution in [0.3, 0.4) is 0 Å². The third-order valence-electron chi connectivity index (χ3n) is 3.71. The van der Waals surface area contributed by atoms with Crippen molar-refractivity contribution in [3.63, 3.8) is 0 Å². The first-order valence-corrected chi connectivity index (χ1v) is 7.96. The highest BCUT2D eigenvalue weighted by molar-refractivity contribution is 7.13. The molecule has 1 saturated heterocycles. The Morgan fingerprint density at radius 2 is 2.29 bits per heavy atom. The van der Waals surface area contributed by atoms with Crippen LogP contribution < -0.4 is 10.2 Å². The Morgan fingerprint density at radius 3 is 3.05 bits per heavy atom. The van der Waals surface area contributed by atoms with E-state index in [1.807, 2.05) is 24.4 Å². The van der Waals surface area contributed by atoms with Gasteiger partial charge in [-0.15, -0.1) is 11.3 Å². The molecular weight excluding hydrogens is 284 g/mol. The minimum Gasteiger partial charge on any atom is -0.354 e. The molecule has 1 fully saturated rings. The number of piperidine rings is 1. The first-order chi connectivity index (χ1) is 10.3. The summed E-state index contributed by atoms with van der Waals surface area (Å²) in [7, 11) is 1.64. The molecule has 110 valence electrons. The summed E-state index contributed by atoms with van der Waals surface area (Å²) in [5.41, 5.74) is 0. The van der Waals surface area contributed by atoms with Gasteiger partial charge in [0, 0.05) is 19.8 Å². The van der Waals surface area contributed by atoms with Crippen molar-refractivity contribution in [1.29, 1.82) is 0 Å². The van der Waals surface area contributed by atoms with Gasteiger partial charge in [0.2, 0.25) is 0 Å². The quantitative estimate of drug-likeness (QED) is 0.947. The van der Waals surface area contributed by atoms with Gasteiger partial charge in [-0.25, -0.2) is 9.97 Å². The van der Waals surface area contributed by atoms with Crippen molar-refractivity contribution in [2.24, 2.45) is 0 Å². The predicted octanol–water partition coefficient (Wildman–Crippen LogP) is 2.63.